The van der Waals surface area contributed by atoms with E-state index in [4.69, 9.17) is 13.9 Å². The van der Waals surface area contributed by atoms with Crippen molar-refractivity contribution in [2.75, 3.05) is 6.61 Å². The molecule has 0 radical (unpaired) electrons. The van der Waals surface area contributed by atoms with Gasteiger partial charge in [0.2, 0.25) is 0 Å². The number of carbonyl (C=O) groups is 1. The van der Waals surface area contributed by atoms with Crippen LogP contribution in [-0.4, -0.2) is 12.6 Å². The van der Waals surface area contributed by atoms with Gasteiger partial charge < -0.3 is 13.9 Å². The van der Waals surface area contributed by atoms with Crippen molar-refractivity contribution in [1.82, 2.24) is 0 Å². The molecule has 0 saturated carbocycles. The zero-order valence-electron chi connectivity index (χ0n) is 11.5. The van der Waals surface area contributed by atoms with E-state index in [9.17, 15) is 4.79 Å². The van der Waals surface area contributed by atoms with Crippen LogP contribution in [-0.2, 0) is 9.53 Å². The van der Waals surface area contributed by atoms with E-state index >= 15 is 0 Å². The maximum atomic E-state index is 11.8. The van der Waals surface area contributed by atoms with Crippen molar-refractivity contribution < 1.29 is 18.7 Å². The van der Waals surface area contributed by atoms with Gasteiger partial charge >= 0.3 is 5.97 Å². The van der Waals surface area contributed by atoms with Gasteiger partial charge in [-0.3, -0.25) is 0 Å². The van der Waals surface area contributed by atoms with E-state index in [2.05, 4.69) is 0 Å². The number of hydrogen-bond acceptors (Lipinski definition) is 4. The van der Waals surface area contributed by atoms with Crippen LogP contribution in [0.15, 0.2) is 58.7 Å². The minimum absolute atomic E-state index is 0.379. The summed E-state index contributed by atoms with van der Waals surface area (Å²) in [6.45, 7) is 2.55. The second-order valence-electron chi connectivity index (χ2n) is 4.47. The second kappa shape index (κ2) is 5.71. The van der Waals surface area contributed by atoms with Gasteiger partial charge in [0.05, 0.1) is 18.4 Å². The molecule has 1 aromatic heterocycles. The monoisotopic (exact) mass is 282 g/mol. The largest absolute Gasteiger partial charge is 0.494 e. The number of furan rings is 1. The van der Waals surface area contributed by atoms with Crippen molar-refractivity contribution in [3.63, 3.8) is 0 Å². The van der Waals surface area contributed by atoms with Crippen LogP contribution in [0.4, 0.5) is 0 Å². The highest BCUT2D eigenvalue weighted by Crippen LogP contribution is 2.28. The van der Waals surface area contributed by atoms with Gasteiger partial charge in [0.15, 0.2) is 0 Å². The Morgan fingerprint density at radius 2 is 2.00 bits per heavy atom. The van der Waals surface area contributed by atoms with E-state index in [-0.39, 0.29) is 5.97 Å². The van der Waals surface area contributed by atoms with Crippen LogP contribution < -0.4 is 4.74 Å². The van der Waals surface area contributed by atoms with Gasteiger partial charge in [-0.25, -0.2) is 4.79 Å². The molecule has 106 valence electrons. The number of benzene rings is 1. The smallest absolute Gasteiger partial charge is 0.343 e. The number of esters is 1. The molecule has 4 nitrogen and oxygen atoms in total. The van der Waals surface area contributed by atoms with Crippen molar-refractivity contribution >= 4 is 17.8 Å². The first-order valence-corrected chi connectivity index (χ1v) is 6.68. The fourth-order valence-electron chi connectivity index (χ4n) is 2.04. The van der Waals surface area contributed by atoms with Crippen LogP contribution in [0.5, 0.6) is 5.75 Å². The third-order valence-electron chi connectivity index (χ3n) is 3.02. The highest BCUT2D eigenvalue weighted by molar-refractivity contribution is 6.04. The third-order valence-corrected chi connectivity index (χ3v) is 3.02. The fraction of sp³-hybridized carbons (Fsp3) is 0.118. The topological polar surface area (TPSA) is 48.7 Å². The van der Waals surface area contributed by atoms with Crippen molar-refractivity contribution in [2.45, 2.75) is 6.92 Å². The summed E-state index contributed by atoms with van der Waals surface area (Å²) in [6.07, 6.45) is 4.92. The molecule has 0 fully saturated rings. The summed E-state index contributed by atoms with van der Waals surface area (Å²) in [4.78, 5) is 11.8. The number of rotatable bonds is 4. The Balaban J connectivity index is 1.84. The van der Waals surface area contributed by atoms with E-state index in [0.29, 0.717) is 23.7 Å². The maximum absolute atomic E-state index is 11.8. The molecule has 1 aliphatic rings. The van der Waals surface area contributed by atoms with E-state index in [1.54, 1.807) is 30.5 Å². The van der Waals surface area contributed by atoms with Gasteiger partial charge in [0.1, 0.15) is 17.3 Å². The lowest BCUT2D eigenvalue weighted by Gasteiger charge is -2.05. The summed E-state index contributed by atoms with van der Waals surface area (Å²) >= 11 is 0. The molecule has 0 unspecified atom stereocenters. The lowest BCUT2D eigenvalue weighted by atomic mass is 10.1. The molecule has 4 heteroatoms. The highest BCUT2D eigenvalue weighted by Gasteiger charge is 2.22. The lowest BCUT2D eigenvalue weighted by molar-refractivity contribution is -0.130. The molecular formula is C17H14O4. The minimum Gasteiger partial charge on any atom is -0.494 e. The first kappa shape index (κ1) is 13.2. The molecule has 0 spiro atoms. The third kappa shape index (κ3) is 2.89. The average Bonchev–Trinajstić information content (AvgIpc) is 3.11. The summed E-state index contributed by atoms with van der Waals surface area (Å²) < 4.78 is 15.9. The zero-order chi connectivity index (χ0) is 14.7. The summed E-state index contributed by atoms with van der Waals surface area (Å²) in [5, 5.41) is 0. The number of carbonyl (C=O) groups excluding carboxylic acids is 1. The van der Waals surface area contributed by atoms with Crippen LogP contribution in [0.3, 0.4) is 0 Å². The maximum Gasteiger partial charge on any atom is 0.343 e. The van der Waals surface area contributed by atoms with Crippen LogP contribution in [0, 0.1) is 0 Å². The summed E-state index contributed by atoms with van der Waals surface area (Å²) in [5.74, 6) is 1.56. The predicted molar refractivity (Wildman–Crippen MR) is 78.4 cm³/mol. The average molecular weight is 282 g/mol. The molecule has 0 amide bonds. The van der Waals surface area contributed by atoms with Crippen molar-refractivity contribution in [1.29, 1.82) is 0 Å². The Kier molecular flexibility index (Phi) is 3.60. The summed E-state index contributed by atoms with van der Waals surface area (Å²) in [7, 11) is 0. The molecule has 0 N–H and O–H groups in total. The van der Waals surface area contributed by atoms with Gasteiger partial charge in [-0.05, 0) is 55.5 Å². The number of cyclic esters (lactones) is 1. The minimum atomic E-state index is -0.379. The Hall–Kier alpha value is -2.75. The number of ether oxygens (including phenoxy) is 2. The molecular weight excluding hydrogens is 268 g/mol. The molecule has 3 rings (SSSR count). The van der Waals surface area contributed by atoms with E-state index < -0.39 is 0 Å². The Labute approximate surface area is 122 Å². The van der Waals surface area contributed by atoms with Crippen molar-refractivity contribution in [3.8, 4) is 5.75 Å². The SMILES string of the molecule is CCOc1ccc(C2=C/C(=C/c3ccco3)C(=O)O2)cc1. The quantitative estimate of drug-likeness (QED) is 0.634. The van der Waals surface area contributed by atoms with Crippen LogP contribution in [0.1, 0.15) is 18.2 Å². The second-order valence-corrected chi connectivity index (χ2v) is 4.47. The molecule has 2 heterocycles. The summed E-state index contributed by atoms with van der Waals surface area (Å²) in [5.41, 5.74) is 1.29. The van der Waals surface area contributed by atoms with E-state index in [1.807, 2.05) is 31.2 Å². The number of hydrogen-bond donors (Lipinski definition) is 0. The van der Waals surface area contributed by atoms with Gasteiger partial charge in [0, 0.05) is 5.56 Å². The Morgan fingerprint density at radius 3 is 2.67 bits per heavy atom. The molecule has 21 heavy (non-hydrogen) atoms. The zero-order valence-corrected chi connectivity index (χ0v) is 11.5. The molecule has 0 saturated heterocycles. The lowest BCUT2D eigenvalue weighted by Crippen LogP contribution is -1.97. The van der Waals surface area contributed by atoms with E-state index in [1.165, 1.54) is 0 Å². The molecule has 1 aliphatic heterocycles. The Bertz CT molecular complexity index is 691. The molecule has 2 aromatic rings. The predicted octanol–water partition coefficient (Wildman–Crippen LogP) is 3.66. The molecule has 0 aliphatic carbocycles. The van der Waals surface area contributed by atoms with Crippen LogP contribution in [0.2, 0.25) is 0 Å². The van der Waals surface area contributed by atoms with Gasteiger partial charge in [-0.15, -0.1) is 0 Å². The standard InChI is InChI=1S/C17H14O4/c1-2-19-14-7-5-12(6-8-14)16-11-13(17(18)21-16)10-15-4-3-9-20-15/h3-11H,2H2,1H3/b13-10-. The Morgan fingerprint density at radius 1 is 1.19 bits per heavy atom. The van der Waals surface area contributed by atoms with Crippen LogP contribution >= 0.6 is 0 Å². The molecule has 1 aromatic carbocycles. The first-order valence-electron chi connectivity index (χ1n) is 6.68. The van der Waals surface area contributed by atoms with Gasteiger partial charge in [0.25, 0.3) is 0 Å². The van der Waals surface area contributed by atoms with Gasteiger partial charge in [-0.2, -0.15) is 0 Å². The first-order chi connectivity index (χ1) is 10.3. The molecule has 0 atom stereocenters. The van der Waals surface area contributed by atoms with Crippen molar-refractivity contribution in [3.05, 3.63) is 65.6 Å². The highest BCUT2D eigenvalue weighted by atomic mass is 16.5. The van der Waals surface area contributed by atoms with Gasteiger partial charge in [-0.1, -0.05) is 0 Å². The normalized spacial score (nSPS) is 16.0. The van der Waals surface area contributed by atoms with Crippen LogP contribution in [0.25, 0.3) is 11.8 Å². The van der Waals surface area contributed by atoms with Crippen molar-refractivity contribution in [2.24, 2.45) is 0 Å². The fourth-order valence-corrected chi connectivity index (χ4v) is 2.04. The van der Waals surface area contributed by atoms with E-state index in [0.717, 1.165) is 11.3 Å². The molecule has 0 bridgehead atoms. The summed E-state index contributed by atoms with van der Waals surface area (Å²) in [6, 6.07) is 11.0.